The Bertz CT molecular complexity index is 987. The zero-order valence-electron chi connectivity index (χ0n) is 13.4. The van der Waals surface area contributed by atoms with E-state index in [0.29, 0.717) is 15.2 Å². The molecule has 0 spiro atoms. The maximum Gasteiger partial charge on any atom is 0.269 e. The summed E-state index contributed by atoms with van der Waals surface area (Å²) in [4.78, 5) is 14.7. The highest BCUT2D eigenvalue weighted by atomic mass is 35.5. The summed E-state index contributed by atoms with van der Waals surface area (Å²) >= 11 is 13.3. The molecule has 0 aliphatic carbocycles. The number of nitro groups is 1. The zero-order valence-corrected chi connectivity index (χ0v) is 15.8. The minimum Gasteiger partial charge on any atom is -0.258 e. The van der Waals surface area contributed by atoms with Crippen LogP contribution in [-0.4, -0.2) is 15.6 Å². The van der Waals surface area contributed by atoms with Gasteiger partial charge in [0.25, 0.3) is 5.69 Å². The van der Waals surface area contributed by atoms with E-state index in [0.717, 1.165) is 22.5 Å². The summed E-state index contributed by atoms with van der Waals surface area (Å²) in [5, 5.41) is 18.4. The molecule has 0 fully saturated rings. The van der Waals surface area contributed by atoms with Gasteiger partial charge in [0.05, 0.1) is 26.4 Å². The van der Waals surface area contributed by atoms with Gasteiger partial charge in [-0.1, -0.05) is 29.3 Å². The Balaban J connectivity index is 1.73. The van der Waals surface area contributed by atoms with Gasteiger partial charge in [-0.2, -0.15) is 5.10 Å². The van der Waals surface area contributed by atoms with Crippen molar-refractivity contribution in [3.63, 3.8) is 0 Å². The van der Waals surface area contributed by atoms with E-state index in [-0.39, 0.29) is 5.69 Å². The first-order chi connectivity index (χ1) is 12.4. The highest BCUT2D eigenvalue weighted by Crippen LogP contribution is 2.27. The molecule has 0 aliphatic rings. The van der Waals surface area contributed by atoms with Gasteiger partial charge in [-0.05, 0) is 36.8 Å². The van der Waals surface area contributed by atoms with Crippen LogP contribution in [0, 0.1) is 10.1 Å². The van der Waals surface area contributed by atoms with Gasteiger partial charge in [0.1, 0.15) is 0 Å². The molecule has 6 nitrogen and oxygen atoms in total. The highest BCUT2D eigenvalue weighted by Gasteiger charge is 2.08. The van der Waals surface area contributed by atoms with Crippen LogP contribution in [0.3, 0.4) is 0 Å². The van der Waals surface area contributed by atoms with Gasteiger partial charge in [-0.25, -0.2) is 4.98 Å². The Labute approximate surface area is 163 Å². The van der Waals surface area contributed by atoms with Crippen molar-refractivity contribution >= 4 is 51.1 Å². The average molecular weight is 407 g/mol. The summed E-state index contributed by atoms with van der Waals surface area (Å²) in [6.07, 6.45) is 0. The molecule has 0 saturated carbocycles. The second-order valence-electron chi connectivity index (χ2n) is 5.28. The van der Waals surface area contributed by atoms with E-state index in [9.17, 15) is 10.1 Å². The molecular formula is C17H12Cl2N4O2S. The fourth-order valence-electron chi connectivity index (χ4n) is 2.13. The van der Waals surface area contributed by atoms with Gasteiger partial charge in [0.2, 0.25) is 5.13 Å². The molecule has 1 heterocycles. The number of rotatable bonds is 5. The van der Waals surface area contributed by atoms with Gasteiger partial charge >= 0.3 is 0 Å². The summed E-state index contributed by atoms with van der Waals surface area (Å²) in [5.41, 5.74) is 6.05. The summed E-state index contributed by atoms with van der Waals surface area (Å²) in [6.45, 7) is 1.84. The van der Waals surface area contributed by atoms with Crippen LogP contribution >= 0.6 is 34.5 Å². The summed E-state index contributed by atoms with van der Waals surface area (Å²) < 4.78 is 0. The van der Waals surface area contributed by atoms with E-state index < -0.39 is 4.92 Å². The maximum atomic E-state index is 10.7. The van der Waals surface area contributed by atoms with Crippen LogP contribution in [0.4, 0.5) is 10.8 Å². The Hall–Kier alpha value is -2.48. The van der Waals surface area contributed by atoms with Gasteiger partial charge in [-0.3, -0.25) is 15.5 Å². The second-order valence-corrected chi connectivity index (χ2v) is 6.95. The average Bonchev–Trinajstić information content (AvgIpc) is 3.11. The normalized spacial score (nSPS) is 11.4. The van der Waals surface area contributed by atoms with E-state index >= 15 is 0 Å². The number of thiazole rings is 1. The quantitative estimate of drug-likeness (QED) is 0.326. The molecule has 132 valence electrons. The molecule has 0 aliphatic heterocycles. The largest absolute Gasteiger partial charge is 0.269 e. The van der Waals surface area contributed by atoms with E-state index in [1.807, 2.05) is 18.4 Å². The third kappa shape index (κ3) is 4.19. The van der Waals surface area contributed by atoms with E-state index in [2.05, 4.69) is 15.5 Å². The minimum absolute atomic E-state index is 0.0455. The summed E-state index contributed by atoms with van der Waals surface area (Å²) in [6, 6.07) is 11.5. The summed E-state index contributed by atoms with van der Waals surface area (Å²) in [5.74, 6) is 0. The van der Waals surface area contributed by atoms with Crippen molar-refractivity contribution < 1.29 is 4.92 Å². The number of hydrogen-bond acceptors (Lipinski definition) is 6. The van der Waals surface area contributed by atoms with Crippen LogP contribution in [0.2, 0.25) is 10.0 Å². The molecule has 0 saturated heterocycles. The number of halogens is 2. The van der Waals surface area contributed by atoms with Crippen molar-refractivity contribution in [2.75, 3.05) is 5.43 Å². The lowest BCUT2D eigenvalue weighted by molar-refractivity contribution is -0.384. The molecule has 0 atom stereocenters. The summed E-state index contributed by atoms with van der Waals surface area (Å²) in [7, 11) is 0. The molecule has 1 aromatic heterocycles. The predicted octanol–water partition coefficient (Wildman–Crippen LogP) is 5.86. The Morgan fingerprint density at radius 2 is 1.92 bits per heavy atom. The maximum absolute atomic E-state index is 10.7. The van der Waals surface area contributed by atoms with Crippen LogP contribution in [-0.2, 0) is 0 Å². The van der Waals surface area contributed by atoms with Crippen LogP contribution in [0.1, 0.15) is 12.5 Å². The lowest BCUT2D eigenvalue weighted by atomic mass is 10.1. The number of nitro benzene ring substituents is 1. The standard InChI is InChI=1S/C17H12Cl2N4O2S/c1-10(12-4-7-14(18)15(19)8-12)21-22-17-20-16(9-26-17)11-2-5-13(6-3-11)23(24)25/h2-9H,1H3,(H,20,22)/b21-10-. The monoisotopic (exact) mass is 406 g/mol. The van der Waals surface area contributed by atoms with Crippen molar-refractivity contribution in [2.45, 2.75) is 6.92 Å². The van der Waals surface area contributed by atoms with Crippen LogP contribution in [0.25, 0.3) is 11.3 Å². The first-order valence-electron chi connectivity index (χ1n) is 7.40. The number of benzene rings is 2. The SMILES string of the molecule is C/C(=N/Nc1nc(-c2ccc([N+](=O)[O-])cc2)cs1)c1ccc(Cl)c(Cl)c1. The molecule has 3 rings (SSSR count). The Morgan fingerprint density at radius 1 is 1.19 bits per heavy atom. The number of anilines is 1. The van der Waals surface area contributed by atoms with Gasteiger partial charge in [0, 0.05) is 23.1 Å². The highest BCUT2D eigenvalue weighted by molar-refractivity contribution is 7.14. The Kier molecular flexibility index (Phi) is 5.51. The van der Waals surface area contributed by atoms with Crippen molar-refractivity contribution in [3.8, 4) is 11.3 Å². The Morgan fingerprint density at radius 3 is 2.58 bits per heavy atom. The van der Waals surface area contributed by atoms with Gasteiger partial charge in [0.15, 0.2) is 0 Å². The molecule has 0 unspecified atom stereocenters. The lowest BCUT2D eigenvalue weighted by Crippen LogP contribution is -1.99. The van der Waals surface area contributed by atoms with E-state index in [1.54, 1.807) is 24.3 Å². The van der Waals surface area contributed by atoms with Crippen LogP contribution in [0.15, 0.2) is 52.9 Å². The number of nitrogens with zero attached hydrogens (tertiary/aromatic N) is 3. The third-order valence-electron chi connectivity index (χ3n) is 3.53. The van der Waals surface area contributed by atoms with Gasteiger partial charge < -0.3 is 0 Å². The van der Waals surface area contributed by atoms with Crippen molar-refractivity contribution in [1.82, 2.24) is 4.98 Å². The molecular weight excluding hydrogens is 395 g/mol. The second kappa shape index (κ2) is 7.82. The molecule has 9 heteroatoms. The smallest absolute Gasteiger partial charge is 0.258 e. The predicted molar refractivity (Wildman–Crippen MR) is 107 cm³/mol. The topological polar surface area (TPSA) is 80.4 Å². The third-order valence-corrected chi connectivity index (χ3v) is 5.02. The fourth-order valence-corrected chi connectivity index (χ4v) is 3.09. The van der Waals surface area contributed by atoms with Crippen molar-refractivity contribution in [3.05, 3.63) is 73.6 Å². The first kappa shape index (κ1) is 18.3. The van der Waals surface area contributed by atoms with Crippen LogP contribution < -0.4 is 5.43 Å². The van der Waals surface area contributed by atoms with Crippen molar-refractivity contribution in [2.24, 2.45) is 5.10 Å². The van der Waals surface area contributed by atoms with Crippen LogP contribution in [0.5, 0.6) is 0 Å². The zero-order chi connectivity index (χ0) is 18.7. The molecule has 26 heavy (non-hydrogen) atoms. The van der Waals surface area contributed by atoms with E-state index in [1.165, 1.54) is 23.5 Å². The fraction of sp³-hybridized carbons (Fsp3) is 0.0588. The number of hydrazone groups is 1. The molecule has 1 N–H and O–H groups in total. The molecule has 0 radical (unpaired) electrons. The number of hydrogen-bond donors (Lipinski definition) is 1. The van der Waals surface area contributed by atoms with E-state index in [4.69, 9.17) is 23.2 Å². The number of nitrogens with one attached hydrogen (secondary N) is 1. The molecule has 0 amide bonds. The minimum atomic E-state index is -0.432. The lowest BCUT2D eigenvalue weighted by Gasteiger charge is -2.03. The first-order valence-corrected chi connectivity index (χ1v) is 9.03. The molecule has 0 bridgehead atoms. The molecule has 3 aromatic rings. The number of aromatic nitrogens is 1. The molecule has 2 aromatic carbocycles. The van der Waals surface area contributed by atoms with Gasteiger partial charge in [-0.15, -0.1) is 11.3 Å². The van der Waals surface area contributed by atoms with Crippen molar-refractivity contribution in [1.29, 1.82) is 0 Å². The number of non-ortho nitro benzene ring substituents is 1.